The molecule has 3 heterocycles. The molecular weight excluding hydrogens is 358 g/mol. The third-order valence-corrected chi connectivity index (χ3v) is 6.24. The van der Waals surface area contributed by atoms with Crippen molar-refractivity contribution in [3.8, 4) is 0 Å². The number of carbonyl (C=O) groups excluding carboxylic acids is 1. The quantitative estimate of drug-likeness (QED) is 0.683. The van der Waals surface area contributed by atoms with Crippen LogP contribution in [0, 0.1) is 0 Å². The summed E-state index contributed by atoms with van der Waals surface area (Å²) in [7, 11) is 0. The molecule has 0 spiro atoms. The number of morpholine rings is 1. The predicted octanol–water partition coefficient (Wildman–Crippen LogP) is 1.96. The second-order valence-electron chi connectivity index (χ2n) is 7.04. The van der Waals surface area contributed by atoms with E-state index in [4.69, 9.17) is 4.74 Å². The largest absolute Gasteiger partial charge is 0.370 e. The van der Waals surface area contributed by atoms with E-state index in [-0.39, 0.29) is 11.9 Å². The third kappa shape index (κ3) is 3.93. The molecule has 5 nitrogen and oxygen atoms in total. The Hall–Kier alpha value is -2.15. The summed E-state index contributed by atoms with van der Waals surface area (Å²) in [4.78, 5) is 15.6. The van der Waals surface area contributed by atoms with E-state index in [2.05, 4.69) is 40.4 Å². The van der Waals surface area contributed by atoms with E-state index in [1.54, 1.807) is 11.3 Å². The van der Waals surface area contributed by atoms with Crippen LogP contribution >= 0.6 is 11.3 Å². The van der Waals surface area contributed by atoms with E-state index in [0.29, 0.717) is 6.54 Å². The van der Waals surface area contributed by atoms with Crippen LogP contribution in [0.5, 0.6) is 0 Å². The van der Waals surface area contributed by atoms with Crippen LogP contribution < -0.4 is 10.2 Å². The zero-order chi connectivity index (χ0) is 18.6. The fourth-order valence-electron chi connectivity index (χ4n) is 3.74. The van der Waals surface area contributed by atoms with Crippen molar-refractivity contribution in [1.82, 2.24) is 9.88 Å². The molecule has 1 aliphatic heterocycles. The molecule has 1 fully saturated rings. The molecule has 0 saturated carbocycles. The first-order valence-corrected chi connectivity index (χ1v) is 10.4. The van der Waals surface area contributed by atoms with Gasteiger partial charge in [-0.3, -0.25) is 4.79 Å². The van der Waals surface area contributed by atoms with Crippen LogP contribution in [-0.4, -0.2) is 49.9 Å². The Labute approximate surface area is 163 Å². The average molecular weight is 385 g/mol. The van der Waals surface area contributed by atoms with Gasteiger partial charge in [-0.05, 0) is 30.0 Å². The Kier molecular flexibility index (Phi) is 5.57. The minimum absolute atomic E-state index is 0.00819. The molecule has 2 aromatic heterocycles. The Morgan fingerprint density at radius 1 is 1.26 bits per heavy atom. The lowest BCUT2D eigenvalue weighted by Crippen LogP contribution is -3.14. The van der Waals surface area contributed by atoms with E-state index in [9.17, 15) is 4.79 Å². The molecule has 1 amide bonds. The molecule has 0 radical (unpaired) electrons. The van der Waals surface area contributed by atoms with Crippen LogP contribution in [0.1, 0.15) is 29.0 Å². The summed E-state index contributed by atoms with van der Waals surface area (Å²) in [5.74, 6) is 0.00819. The van der Waals surface area contributed by atoms with Crippen molar-refractivity contribution in [2.24, 2.45) is 0 Å². The second-order valence-corrected chi connectivity index (χ2v) is 7.93. The van der Waals surface area contributed by atoms with Gasteiger partial charge < -0.3 is 19.5 Å². The van der Waals surface area contributed by atoms with Gasteiger partial charge in [-0.2, -0.15) is 0 Å². The number of ether oxygens (including phenoxy) is 1. The van der Waals surface area contributed by atoms with Gasteiger partial charge in [0, 0.05) is 5.39 Å². The highest BCUT2D eigenvalue weighted by molar-refractivity contribution is 7.16. The van der Waals surface area contributed by atoms with Gasteiger partial charge in [-0.15, -0.1) is 11.3 Å². The Morgan fingerprint density at radius 3 is 2.81 bits per heavy atom. The molecule has 1 aliphatic rings. The standard InChI is InChI=1S/C21H25N3O2S/c1-16(17-5-3-2-4-6-17)24-19(15-18-7-14-27-21(18)24)20(25)22-8-9-23-10-12-26-13-11-23/h2-7,14-16H,8-13H2,1H3,(H,22,25)/p+1/t16-/m0/s1. The fourth-order valence-corrected chi connectivity index (χ4v) is 4.71. The highest BCUT2D eigenvalue weighted by Gasteiger charge is 2.21. The monoisotopic (exact) mass is 384 g/mol. The molecule has 1 atom stereocenters. The van der Waals surface area contributed by atoms with Crippen LogP contribution in [0.2, 0.25) is 0 Å². The molecule has 142 valence electrons. The number of rotatable bonds is 6. The lowest BCUT2D eigenvalue weighted by molar-refractivity contribution is -0.906. The topological polar surface area (TPSA) is 47.7 Å². The van der Waals surface area contributed by atoms with E-state index >= 15 is 0 Å². The fraction of sp³-hybridized carbons (Fsp3) is 0.381. The summed E-state index contributed by atoms with van der Waals surface area (Å²) in [6, 6.07) is 14.6. The average Bonchev–Trinajstić information content (AvgIpc) is 3.30. The van der Waals surface area contributed by atoms with Crippen LogP contribution in [0.4, 0.5) is 0 Å². The van der Waals surface area contributed by atoms with Crippen LogP contribution in [-0.2, 0) is 4.74 Å². The first kappa shape index (κ1) is 18.2. The maximum absolute atomic E-state index is 12.9. The predicted molar refractivity (Wildman–Crippen MR) is 109 cm³/mol. The smallest absolute Gasteiger partial charge is 0.268 e. The van der Waals surface area contributed by atoms with Gasteiger partial charge in [0.05, 0.1) is 32.3 Å². The number of nitrogens with one attached hydrogen (secondary N) is 2. The summed E-state index contributed by atoms with van der Waals surface area (Å²) in [5.41, 5.74) is 1.94. The minimum atomic E-state index is 0.00819. The summed E-state index contributed by atoms with van der Waals surface area (Å²) < 4.78 is 7.57. The molecule has 3 aromatic rings. The number of nitrogens with zero attached hydrogens (tertiary/aromatic N) is 1. The molecule has 4 rings (SSSR count). The Bertz CT molecular complexity index is 897. The van der Waals surface area contributed by atoms with Gasteiger partial charge in [-0.1, -0.05) is 30.3 Å². The van der Waals surface area contributed by atoms with Gasteiger partial charge in [0.15, 0.2) is 0 Å². The molecule has 0 bridgehead atoms. The summed E-state index contributed by atoms with van der Waals surface area (Å²) >= 11 is 1.69. The summed E-state index contributed by atoms with van der Waals surface area (Å²) in [5, 5.41) is 6.34. The van der Waals surface area contributed by atoms with Gasteiger partial charge in [0.2, 0.25) is 0 Å². The van der Waals surface area contributed by atoms with E-state index < -0.39 is 0 Å². The van der Waals surface area contributed by atoms with Crippen molar-refractivity contribution in [2.75, 3.05) is 39.4 Å². The number of benzene rings is 1. The van der Waals surface area contributed by atoms with E-state index in [1.807, 2.05) is 24.3 Å². The van der Waals surface area contributed by atoms with Gasteiger partial charge in [-0.25, -0.2) is 0 Å². The molecule has 0 unspecified atom stereocenters. The molecule has 1 saturated heterocycles. The van der Waals surface area contributed by atoms with Crippen molar-refractivity contribution >= 4 is 27.5 Å². The van der Waals surface area contributed by atoms with Crippen molar-refractivity contribution in [3.63, 3.8) is 0 Å². The number of hydrogen-bond acceptors (Lipinski definition) is 3. The molecule has 6 heteroatoms. The van der Waals surface area contributed by atoms with Crippen molar-refractivity contribution in [1.29, 1.82) is 0 Å². The molecular formula is C21H26N3O2S+. The molecule has 1 aromatic carbocycles. The normalized spacial score (nSPS) is 16.5. The lowest BCUT2D eigenvalue weighted by atomic mass is 10.1. The maximum Gasteiger partial charge on any atom is 0.268 e. The SMILES string of the molecule is C[C@@H](c1ccccc1)n1c(C(=O)NCC[NH+]2CCOCC2)cc2ccsc21. The minimum Gasteiger partial charge on any atom is -0.370 e. The number of thiophene rings is 1. The Balaban J connectivity index is 1.52. The van der Waals surface area contributed by atoms with Crippen molar-refractivity contribution in [2.45, 2.75) is 13.0 Å². The number of hydrogen-bond donors (Lipinski definition) is 2. The van der Waals surface area contributed by atoms with Gasteiger partial charge in [0.25, 0.3) is 5.91 Å². The third-order valence-electron chi connectivity index (χ3n) is 5.31. The van der Waals surface area contributed by atoms with Crippen LogP contribution in [0.25, 0.3) is 10.2 Å². The molecule has 0 aliphatic carbocycles. The van der Waals surface area contributed by atoms with Crippen molar-refractivity contribution < 1.29 is 14.4 Å². The van der Waals surface area contributed by atoms with E-state index in [1.165, 1.54) is 10.5 Å². The maximum atomic E-state index is 12.9. The summed E-state index contributed by atoms with van der Waals surface area (Å²) in [6.45, 7) is 7.46. The Morgan fingerprint density at radius 2 is 2.04 bits per heavy atom. The second kappa shape index (κ2) is 8.25. The highest BCUT2D eigenvalue weighted by Crippen LogP contribution is 2.31. The molecule has 2 N–H and O–H groups in total. The first-order valence-electron chi connectivity index (χ1n) is 9.57. The zero-order valence-electron chi connectivity index (χ0n) is 15.6. The zero-order valence-corrected chi connectivity index (χ0v) is 16.4. The number of quaternary nitrogens is 1. The summed E-state index contributed by atoms with van der Waals surface area (Å²) in [6.07, 6.45) is 0. The van der Waals surface area contributed by atoms with Gasteiger partial charge in [0.1, 0.15) is 23.6 Å². The molecule has 27 heavy (non-hydrogen) atoms. The number of fused-ring (bicyclic) bond motifs is 1. The lowest BCUT2D eigenvalue weighted by Gasteiger charge is -2.24. The van der Waals surface area contributed by atoms with Crippen molar-refractivity contribution in [3.05, 3.63) is 59.1 Å². The van der Waals surface area contributed by atoms with Crippen LogP contribution in [0.15, 0.2) is 47.8 Å². The number of carbonyl (C=O) groups is 1. The van der Waals surface area contributed by atoms with Crippen LogP contribution in [0.3, 0.4) is 0 Å². The highest BCUT2D eigenvalue weighted by atomic mass is 32.1. The first-order chi connectivity index (χ1) is 13.2. The van der Waals surface area contributed by atoms with Gasteiger partial charge >= 0.3 is 0 Å². The van der Waals surface area contributed by atoms with E-state index in [0.717, 1.165) is 48.8 Å². The number of amides is 1. The number of aromatic nitrogens is 1.